The molecule has 5 heteroatoms. The molecular formula is C8H16N2O2S. The standard InChI is InChI=1S/C8H16N2O2S/c1-13(11,12)10-7-2-3-8(10)5-6(9)4-7/h6-8H,2-5,9H2,1H3. The maximum Gasteiger partial charge on any atom is 0.211 e. The van der Waals surface area contributed by atoms with E-state index in [1.54, 1.807) is 4.31 Å². The molecule has 2 bridgehead atoms. The average molecular weight is 204 g/mol. The van der Waals surface area contributed by atoms with E-state index in [9.17, 15) is 8.42 Å². The SMILES string of the molecule is CS(=O)(=O)N1C2CCC1CC(N)C2. The molecule has 2 heterocycles. The summed E-state index contributed by atoms with van der Waals surface area (Å²) >= 11 is 0. The van der Waals surface area contributed by atoms with Crippen LogP contribution in [0.25, 0.3) is 0 Å². The Bertz CT molecular complexity index is 287. The van der Waals surface area contributed by atoms with Gasteiger partial charge in [-0.1, -0.05) is 0 Å². The fourth-order valence-corrected chi connectivity index (χ4v) is 4.18. The Kier molecular flexibility index (Phi) is 2.13. The Balaban J connectivity index is 2.25. The highest BCUT2D eigenvalue weighted by molar-refractivity contribution is 7.88. The number of fused-ring (bicyclic) bond motifs is 2. The molecule has 0 aromatic heterocycles. The number of nitrogens with two attached hydrogens (primary N) is 1. The molecule has 0 aromatic rings. The molecule has 2 aliphatic rings. The maximum absolute atomic E-state index is 11.4. The molecule has 13 heavy (non-hydrogen) atoms. The molecule has 0 amide bonds. The molecule has 76 valence electrons. The summed E-state index contributed by atoms with van der Waals surface area (Å²) in [6, 6.07) is 0.572. The smallest absolute Gasteiger partial charge is 0.211 e. The number of sulfonamides is 1. The highest BCUT2D eigenvalue weighted by Gasteiger charge is 2.44. The summed E-state index contributed by atoms with van der Waals surface area (Å²) in [4.78, 5) is 0. The van der Waals surface area contributed by atoms with Gasteiger partial charge in [0.25, 0.3) is 0 Å². The van der Waals surface area contributed by atoms with E-state index in [2.05, 4.69) is 0 Å². The van der Waals surface area contributed by atoms with Crippen molar-refractivity contribution in [2.45, 2.75) is 43.8 Å². The summed E-state index contributed by atoms with van der Waals surface area (Å²) < 4.78 is 24.6. The lowest BCUT2D eigenvalue weighted by atomic mass is 10.0. The predicted molar refractivity (Wildman–Crippen MR) is 50.7 cm³/mol. The van der Waals surface area contributed by atoms with Gasteiger partial charge in [-0.2, -0.15) is 4.31 Å². The predicted octanol–water partition coefficient (Wildman–Crippen LogP) is -0.0999. The monoisotopic (exact) mass is 204 g/mol. The van der Waals surface area contributed by atoms with Crippen LogP contribution in [0.1, 0.15) is 25.7 Å². The van der Waals surface area contributed by atoms with Gasteiger partial charge in [0.15, 0.2) is 0 Å². The third-order valence-electron chi connectivity index (χ3n) is 3.09. The fourth-order valence-electron chi connectivity index (χ4n) is 2.72. The van der Waals surface area contributed by atoms with Crippen LogP contribution in [-0.2, 0) is 10.0 Å². The minimum Gasteiger partial charge on any atom is -0.328 e. The third kappa shape index (κ3) is 1.60. The first-order valence-corrected chi connectivity index (χ1v) is 6.57. The number of piperidine rings is 1. The zero-order chi connectivity index (χ0) is 9.64. The molecule has 2 rings (SSSR count). The molecule has 2 atom stereocenters. The Morgan fingerprint density at radius 2 is 1.69 bits per heavy atom. The summed E-state index contributed by atoms with van der Waals surface area (Å²) in [6.07, 6.45) is 4.96. The normalized spacial score (nSPS) is 40.9. The Hall–Kier alpha value is -0.130. The van der Waals surface area contributed by atoms with Crippen molar-refractivity contribution >= 4 is 10.0 Å². The van der Waals surface area contributed by atoms with Crippen LogP contribution in [0.5, 0.6) is 0 Å². The number of nitrogens with zero attached hydrogens (tertiary/aromatic N) is 1. The van der Waals surface area contributed by atoms with E-state index in [1.807, 2.05) is 0 Å². The quantitative estimate of drug-likeness (QED) is 0.648. The lowest BCUT2D eigenvalue weighted by molar-refractivity contribution is 0.228. The van der Waals surface area contributed by atoms with Crippen LogP contribution >= 0.6 is 0 Å². The number of rotatable bonds is 1. The van der Waals surface area contributed by atoms with Crippen molar-refractivity contribution in [2.75, 3.05) is 6.26 Å². The summed E-state index contributed by atoms with van der Waals surface area (Å²) in [5.74, 6) is 0. The van der Waals surface area contributed by atoms with Crippen molar-refractivity contribution in [3.05, 3.63) is 0 Å². The van der Waals surface area contributed by atoms with Crippen LogP contribution in [0.3, 0.4) is 0 Å². The van der Waals surface area contributed by atoms with Crippen LogP contribution < -0.4 is 5.73 Å². The fraction of sp³-hybridized carbons (Fsp3) is 1.00. The van der Waals surface area contributed by atoms with E-state index in [4.69, 9.17) is 5.73 Å². The third-order valence-corrected chi connectivity index (χ3v) is 4.45. The summed E-state index contributed by atoms with van der Waals surface area (Å²) in [5.41, 5.74) is 5.84. The first-order chi connectivity index (χ1) is 5.98. The average Bonchev–Trinajstić information content (AvgIpc) is 2.23. The Labute approximate surface area is 79.1 Å². The summed E-state index contributed by atoms with van der Waals surface area (Å²) in [6.45, 7) is 0. The minimum absolute atomic E-state index is 0.184. The molecule has 0 saturated carbocycles. The summed E-state index contributed by atoms with van der Waals surface area (Å²) in [5, 5.41) is 0. The van der Waals surface area contributed by atoms with E-state index in [0.717, 1.165) is 25.7 Å². The van der Waals surface area contributed by atoms with Gasteiger partial charge >= 0.3 is 0 Å². The van der Waals surface area contributed by atoms with Crippen molar-refractivity contribution in [2.24, 2.45) is 5.73 Å². The van der Waals surface area contributed by atoms with Crippen LogP contribution in [0, 0.1) is 0 Å². The highest BCUT2D eigenvalue weighted by Crippen LogP contribution is 2.36. The molecular weight excluding hydrogens is 188 g/mol. The minimum atomic E-state index is -3.01. The van der Waals surface area contributed by atoms with E-state index in [0.29, 0.717) is 0 Å². The van der Waals surface area contributed by atoms with Gasteiger partial charge < -0.3 is 5.73 Å². The van der Waals surface area contributed by atoms with Gasteiger partial charge in [-0.15, -0.1) is 0 Å². The highest BCUT2D eigenvalue weighted by atomic mass is 32.2. The van der Waals surface area contributed by atoms with Gasteiger partial charge in [0.05, 0.1) is 6.26 Å². The second-order valence-electron chi connectivity index (χ2n) is 4.21. The molecule has 0 aromatic carbocycles. The molecule has 0 radical (unpaired) electrons. The molecule has 4 nitrogen and oxygen atoms in total. The van der Waals surface area contributed by atoms with Gasteiger partial charge in [0.1, 0.15) is 0 Å². The maximum atomic E-state index is 11.4. The molecule has 2 fully saturated rings. The van der Waals surface area contributed by atoms with E-state index >= 15 is 0 Å². The van der Waals surface area contributed by atoms with Gasteiger partial charge in [-0.3, -0.25) is 0 Å². The second kappa shape index (κ2) is 2.93. The van der Waals surface area contributed by atoms with Crippen molar-refractivity contribution in [3.63, 3.8) is 0 Å². The van der Waals surface area contributed by atoms with Crippen LogP contribution in [-0.4, -0.2) is 37.1 Å². The van der Waals surface area contributed by atoms with Crippen LogP contribution in [0.2, 0.25) is 0 Å². The second-order valence-corrected chi connectivity index (χ2v) is 6.10. The Morgan fingerprint density at radius 3 is 2.08 bits per heavy atom. The van der Waals surface area contributed by atoms with E-state index < -0.39 is 10.0 Å². The Morgan fingerprint density at radius 1 is 1.23 bits per heavy atom. The number of hydrogen-bond donors (Lipinski definition) is 1. The largest absolute Gasteiger partial charge is 0.328 e. The molecule has 2 unspecified atom stereocenters. The molecule has 2 N–H and O–H groups in total. The van der Waals surface area contributed by atoms with Crippen LogP contribution in [0.4, 0.5) is 0 Å². The lowest BCUT2D eigenvalue weighted by Crippen LogP contribution is -2.49. The van der Waals surface area contributed by atoms with Crippen molar-refractivity contribution in [1.82, 2.24) is 4.31 Å². The van der Waals surface area contributed by atoms with Gasteiger partial charge in [0, 0.05) is 18.1 Å². The van der Waals surface area contributed by atoms with E-state index in [1.165, 1.54) is 6.26 Å². The molecule has 2 saturated heterocycles. The number of hydrogen-bond acceptors (Lipinski definition) is 3. The molecule has 0 aliphatic carbocycles. The van der Waals surface area contributed by atoms with Crippen LogP contribution in [0.15, 0.2) is 0 Å². The van der Waals surface area contributed by atoms with Crippen molar-refractivity contribution in [3.8, 4) is 0 Å². The van der Waals surface area contributed by atoms with Gasteiger partial charge in [-0.05, 0) is 25.7 Å². The molecule has 2 aliphatic heterocycles. The van der Waals surface area contributed by atoms with E-state index in [-0.39, 0.29) is 18.1 Å². The lowest BCUT2D eigenvalue weighted by Gasteiger charge is -2.35. The molecule has 0 spiro atoms. The van der Waals surface area contributed by atoms with Crippen molar-refractivity contribution < 1.29 is 8.42 Å². The van der Waals surface area contributed by atoms with Gasteiger partial charge in [0.2, 0.25) is 10.0 Å². The first-order valence-electron chi connectivity index (χ1n) is 4.72. The van der Waals surface area contributed by atoms with Gasteiger partial charge in [-0.25, -0.2) is 8.42 Å². The summed E-state index contributed by atoms with van der Waals surface area (Å²) in [7, 11) is -3.01. The first kappa shape index (κ1) is 9.43. The van der Waals surface area contributed by atoms with Crippen molar-refractivity contribution in [1.29, 1.82) is 0 Å². The topological polar surface area (TPSA) is 63.4 Å². The zero-order valence-electron chi connectivity index (χ0n) is 7.81. The zero-order valence-corrected chi connectivity index (χ0v) is 8.63.